The predicted molar refractivity (Wildman–Crippen MR) is 147 cm³/mol. The second kappa shape index (κ2) is 12.0. The fraction of sp³-hybridized carbons (Fsp3) is 0.414. The molecule has 0 saturated heterocycles. The maximum Gasteiger partial charge on any atom is 0.404 e. The molecule has 0 bridgehead atoms. The molecule has 4 rings (SSSR count). The lowest BCUT2D eigenvalue weighted by Crippen LogP contribution is -2.49. The van der Waals surface area contributed by atoms with Crippen molar-refractivity contribution in [2.24, 2.45) is 11.3 Å². The summed E-state index contributed by atoms with van der Waals surface area (Å²) >= 11 is 6.49. The van der Waals surface area contributed by atoms with Crippen LogP contribution in [0.25, 0.3) is 11.3 Å². The van der Waals surface area contributed by atoms with E-state index in [-0.39, 0.29) is 35.8 Å². The van der Waals surface area contributed by atoms with Crippen LogP contribution in [0.15, 0.2) is 54.7 Å². The summed E-state index contributed by atoms with van der Waals surface area (Å²) in [4.78, 5) is 20.4. The molecule has 38 heavy (non-hydrogen) atoms. The molecule has 9 heteroatoms. The normalized spacial score (nSPS) is 18.4. The number of nitrogens with one attached hydrogen (secondary N) is 2. The Morgan fingerprint density at radius 2 is 1.89 bits per heavy atom. The number of halogens is 2. The van der Waals surface area contributed by atoms with Crippen LogP contribution in [0.1, 0.15) is 52.0 Å². The summed E-state index contributed by atoms with van der Waals surface area (Å²) in [6, 6.07) is 13.7. The lowest BCUT2D eigenvalue weighted by Gasteiger charge is -2.40. The number of nitrogens with zero attached hydrogens (tertiary/aromatic N) is 2. The molecule has 1 aliphatic carbocycles. The summed E-state index contributed by atoms with van der Waals surface area (Å²) < 4.78 is 19.2. The fourth-order valence-electron chi connectivity index (χ4n) is 5.12. The van der Waals surface area contributed by atoms with Crippen molar-refractivity contribution in [1.29, 1.82) is 0 Å². The Kier molecular flexibility index (Phi) is 8.72. The first-order valence-electron chi connectivity index (χ1n) is 12.8. The zero-order valence-electron chi connectivity index (χ0n) is 21.9. The number of rotatable bonds is 8. The number of anilines is 1. The first-order valence-corrected chi connectivity index (χ1v) is 13.2. The molecule has 7 nitrogen and oxygen atoms in total. The molecule has 3 N–H and O–H groups in total. The van der Waals surface area contributed by atoms with Crippen LogP contribution in [0.4, 0.5) is 15.0 Å². The van der Waals surface area contributed by atoms with Crippen molar-refractivity contribution < 1.29 is 19.0 Å². The summed E-state index contributed by atoms with van der Waals surface area (Å²) in [5.74, 6) is 1.10. The average molecular weight is 541 g/mol. The average Bonchev–Trinajstić information content (AvgIpc) is 2.87. The third-order valence-corrected chi connectivity index (χ3v) is 7.24. The Morgan fingerprint density at radius 1 is 1.16 bits per heavy atom. The monoisotopic (exact) mass is 540 g/mol. The molecule has 2 aromatic heterocycles. The van der Waals surface area contributed by atoms with Crippen LogP contribution in [0.5, 0.6) is 5.88 Å². The number of carboxylic acid groups (broad SMARTS) is 1. The van der Waals surface area contributed by atoms with Gasteiger partial charge in [-0.1, -0.05) is 50.6 Å². The largest absolute Gasteiger partial charge is 0.473 e. The number of pyridine rings is 2. The molecule has 0 aliphatic heterocycles. The van der Waals surface area contributed by atoms with Gasteiger partial charge in [0.2, 0.25) is 5.88 Å². The molecule has 0 spiro atoms. The summed E-state index contributed by atoms with van der Waals surface area (Å²) in [6.45, 7) is 6.43. The van der Waals surface area contributed by atoms with Crippen LogP contribution in [-0.4, -0.2) is 33.3 Å². The number of hydrogen-bond acceptors (Lipinski definition) is 5. The van der Waals surface area contributed by atoms with Crippen LogP contribution in [0.2, 0.25) is 5.02 Å². The van der Waals surface area contributed by atoms with Gasteiger partial charge < -0.3 is 20.5 Å². The molecule has 3 aromatic rings. The molecule has 1 amide bonds. The number of aromatic nitrogens is 2. The van der Waals surface area contributed by atoms with Gasteiger partial charge in [-0.25, -0.2) is 19.2 Å². The van der Waals surface area contributed by atoms with Crippen LogP contribution in [-0.2, 0) is 6.61 Å². The number of ether oxygens (including phenoxy) is 1. The van der Waals surface area contributed by atoms with Crippen molar-refractivity contribution in [2.45, 2.75) is 65.1 Å². The maximum atomic E-state index is 13.5. The zero-order valence-corrected chi connectivity index (χ0v) is 22.6. The summed E-state index contributed by atoms with van der Waals surface area (Å²) in [6.07, 6.45) is 4.32. The topological polar surface area (TPSA) is 96.4 Å². The van der Waals surface area contributed by atoms with Crippen LogP contribution >= 0.6 is 11.6 Å². The fourth-order valence-corrected chi connectivity index (χ4v) is 5.32. The van der Waals surface area contributed by atoms with Crippen molar-refractivity contribution in [1.82, 2.24) is 15.3 Å². The molecule has 1 saturated carbocycles. The zero-order chi connectivity index (χ0) is 27.3. The van der Waals surface area contributed by atoms with E-state index in [9.17, 15) is 14.3 Å². The SMILES string of the molecule is CC(C)(C)C(NC(=O)O)[C@H]1CC[C@H](Nc2cc(-c3cccc(OCc4cccc(F)c4)n3)c(Cl)cn2)CC1. The summed E-state index contributed by atoms with van der Waals surface area (Å²) in [7, 11) is 0. The molecule has 1 fully saturated rings. The van der Waals surface area contributed by atoms with Gasteiger partial charge in [0.05, 0.1) is 10.7 Å². The van der Waals surface area contributed by atoms with Crippen LogP contribution in [0.3, 0.4) is 0 Å². The van der Waals surface area contributed by atoms with E-state index >= 15 is 0 Å². The Balaban J connectivity index is 1.40. The van der Waals surface area contributed by atoms with Crippen molar-refractivity contribution in [2.75, 3.05) is 5.32 Å². The molecular formula is C29H34ClFN4O3. The van der Waals surface area contributed by atoms with Gasteiger partial charge in [-0.15, -0.1) is 0 Å². The van der Waals surface area contributed by atoms with Gasteiger partial charge in [0.25, 0.3) is 0 Å². The van der Waals surface area contributed by atoms with Crippen LogP contribution in [0, 0.1) is 17.2 Å². The van der Waals surface area contributed by atoms with E-state index in [0.29, 0.717) is 28.0 Å². The molecule has 1 aromatic carbocycles. The van der Waals surface area contributed by atoms with Crippen LogP contribution < -0.4 is 15.4 Å². The van der Waals surface area contributed by atoms with E-state index in [0.717, 1.165) is 31.2 Å². The van der Waals surface area contributed by atoms with E-state index in [1.54, 1.807) is 24.4 Å². The molecule has 1 atom stereocenters. The Labute approximate surface area is 227 Å². The third-order valence-electron chi connectivity index (χ3n) is 6.94. The summed E-state index contributed by atoms with van der Waals surface area (Å²) in [5.41, 5.74) is 1.94. The van der Waals surface area contributed by atoms with Crippen molar-refractivity contribution in [3.05, 3.63) is 71.1 Å². The minimum absolute atomic E-state index is 0.0947. The summed E-state index contributed by atoms with van der Waals surface area (Å²) in [5, 5.41) is 16.1. The van der Waals surface area contributed by atoms with Crippen molar-refractivity contribution in [3.8, 4) is 17.1 Å². The Morgan fingerprint density at radius 3 is 2.58 bits per heavy atom. The van der Waals surface area contributed by atoms with Crippen molar-refractivity contribution in [3.63, 3.8) is 0 Å². The lowest BCUT2D eigenvalue weighted by molar-refractivity contribution is 0.134. The number of carbonyl (C=O) groups is 1. The number of amides is 1. The second-order valence-electron chi connectivity index (χ2n) is 10.9. The quantitative estimate of drug-likeness (QED) is 0.280. The van der Waals surface area contributed by atoms with Gasteiger partial charge in [-0.3, -0.25) is 0 Å². The maximum absolute atomic E-state index is 13.5. The van der Waals surface area contributed by atoms with E-state index in [1.807, 2.05) is 18.2 Å². The van der Waals surface area contributed by atoms with Gasteiger partial charge in [0.1, 0.15) is 18.2 Å². The van der Waals surface area contributed by atoms with Gasteiger partial charge in [-0.05, 0) is 66.8 Å². The molecule has 2 heterocycles. The van der Waals surface area contributed by atoms with E-state index in [4.69, 9.17) is 16.3 Å². The molecule has 1 unspecified atom stereocenters. The highest BCUT2D eigenvalue weighted by Crippen LogP contribution is 2.36. The smallest absolute Gasteiger partial charge is 0.404 e. The Hall–Kier alpha value is -3.39. The number of benzene rings is 1. The van der Waals surface area contributed by atoms with Gasteiger partial charge in [0.15, 0.2) is 0 Å². The minimum Gasteiger partial charge on any atom is -0.473 e. The lowest BCUT2D eigenvalue weighted by atomic mass is 9.72. The van der Waals surface area contributed by atoms with Gasteiger partial charge in [0, 0.05) is 29.9 Å². The van der Waals surface area contributed by atoms with E-state index in [1.165, 1.54) is 12.1 Å². The van der Waals surface area contributed by atoms with Gasteiger partial charge >= 0.3 is 6.09 Å². The highest BCUT2D eigenvalue weighted by molar-refractivity contribution is 6.33. The Bertz CT molecular complexity index is 1260. The molecule has 1 aliphatic rings. The first kappa shape index (κ1) is 27.6. The third kappa shape index (κ3) is 7.34. The molecule has 0 radical (unpaired) electrons. The minimum atomic E-state index is -0.972. The van der Waals surface area contributed by atoms with Crippen molar-refractivity contribution >= 4 is 23.5 Å². The van der Waals surface area contributed by atoms with E-state index in [2.05, 4.69) is 41.4 Å². The number of hydrogen-bond donors (Lipinski definition) is 3. The van der Waals surface area contributed by atoms with Gasteiger partial charge in [-0.2, -0.15) is 0 Å². The highest BCUT2D eigenvalue weighted by Gasteiger charge is 2.36. The molecular weight excluding hydrogens is 507 g/mol. The van der Waals surface area contributed by atoms with E-state index < -0.39 is 6.09 Å². The predicted octanol–water partition coefficient (Wildman–Crippen LogP) is 7.17. The molecule has 202 valence electrons. The second-order valence-corrected chi connectivity index (χ2v) is 11.3. The standard InChI is InChI=1S/C29H34ClFN4O3/c1-29(2,3)27(35-28(36)37)19-10-12-21(13-11-19)33-25-15-22(23(30)16-32-25)24-8-5-9-26(34-24)38-17-18-6-4-7-20(31)14-18/h4-9,14-16,19,21,27,35H,10-13,17H2,1-3H3,(H,32,33)(H,36,37)/t19-,21-,27?. The highest BCUT2D eigenvalue weighted by atomic mass is 35.5. The first-order chi connectivity index (χ1) is 18.1.